The number of benzene rings is 1. The highest BCUT2D eigenvalue weighted by atomic mass is 35.5. The van der Waals surface area contributed by atoms with Gasteiger partial charge in [-0.15, -0.1) is 0 Å². The van der Waals surface area contributed by atoms with Gasteiger partial charge in [0, 0.05) is 11.1 Å². The van der Waals surface area contributed by atoms with E-state index in [-0.39, 0.29) is 6.04 Å². The van der Waals surface area contributed by atoms with Gasteiger partial charge in [-0.1, -0.05) is 30.7 Å². The van der Waals surface area contributed by atoms with Crippen LogP contribution in [0.1, 0.15) is 30.5 Å². The second kappa shape index (κ2) is 4.61. The minimum atomic E-state index is 0.193. The zero-order valence-corrected chi connectivity index (χ0v) is 8.73. The molecule has 0 amide bonds. The zero-order valence-electron chi connectivity index (χ0n) is 7.97. The van der Waals surface area contributed by atoms with E-state index in [0.717, 1.165) is 17.0 Å². The molecule has 0 spiro atoms. The number of hydrogen-bond acceptors (Lipinski definition) is 2. The van der Waals surface area contributed by atoms with E-state index in [0.29, 0.717) is 0 Å². The molecule has 0 aliphatic heterocycles. The molecule has 1 aromatic carbocycles. The maximum atomic E-state index is 6.00. The monoisotopic (exact) mass is 198 g/mol. The van der Waals surface area contributed by atoms with Gasteiger partial charge < -0.3 is 0 Å². The second-order valence-electron chi connectivity index (χ2n) is 3.08. The molecule has 0 fully saturated rings. The quantitative estimate of drug-likeness (QED) is 0.579. The van der Waals surface area contributed by atoms with Crippen molar-refractivity contribution in [2.75, 3.05) is 0 Å². The van der Waals surface area contributed by atoms with Crippen molar-refractivity contribution in [2.24, 2.45) is 5.84 Å². The molecule has 0 aliphatic rings. The fraction of sp³-hybridized carbons (Fsp3) is 0.400. The Morgan fingerprint density at radius 1 is 1.54 bits per heavy atom. The van der Waals surface area contributed by atoms with Gasteiger partial charge in [-0.25, -0.2) is 0 Å². The molecule has 0 saturated carbocycles. The van der Waals surface area contributed by atoms with Gasteiger partial charge in [0.05, 0.1) is 0 Å². The van der Waals surface area contributed by atoms with E-state index < -0.39 is 0 Å². The summed E-state index contributed by atoms with van der Waals surface area (Å²) in [6.45, 7) is 4.10. The van der Waals surface area contributed by atoms with Gasteiger partial charge in [0.15, 0.2) is 0 Å². The lowest BCUT2D eigenvalue weighted by Gasteiger charge is -2.16. The van der Waals surface area contributed by atoms with Crippen LogP contribution in [0.25, 0.3) is 0 Å². The summed E-state index contributed by atoms with van der Waals surface area (Å²) in [5.74, 6) is 5.44. The number of hydrazine groups is 1. The van der Waals surface area contributed by atoms with Crippen molar-refractivity contribution in [3.05, 3.63) is 34.3 Å². The third kappa shape index (κ3) is 2.21. The smallest absolute Gasteiger partial charge is 0.0460 e. The number of nitrogens with two attached hydrogens (primary N) is 1. The van der Waals surface area contributed by atoms with Crippen LogP contribution in [-0.4, -0.2) is 0 Å². The van der Waals surface area contributed by atoms with Crippen molar-refractivity contribution in [3.8, 4) is 0 Å². The molecule has 13 heavy (non-hydrogen) atoms. The summed E-state index contributed by atoms with van der Waals surface area (Å²) in [5.41, 5.74) is 5.06. The Bertz CT molecular complexity index is 282. The molecular formula is C10H15ClN2. The van der Waals surface area contributed by atoms with Crippen molar-refractivity contribution in [3.63, 3.8) is 0 Å². The van der Waals surface area contributed by atoms with Crippen molar-refractivity contribution in [1.29, 1.82) is 0 Å². The SMILES string of the molecule is CCC(NN)c1cccc(Cl)c1C. The van der Waals surface area contributed by atoms with Gasteiger partial charge >= 0.3 is 0 Å². The topological polar surface area (TPSA) is 38.0 Å². The molecule has 3 N–H and O–H groups in total. The van der Waals surface area contributed by atoms with Crippen LogP contribution in [0.15, 0.2) is 18.2 Å². The van der Waals surface area contributed by atoms with Crippen LogP contribution in [0, 0.1) is 6.92 Å². The van der Waals surface area contributed by atoms with E-state index >= 15 is 0 Å². The number of nitrogens with one attached hydrogen (secondary N) is 1. The van der Waals surface area contributed by atoms with Crippen LogP contribution in [0.2, 0.25) is 5.02 Å². The molecule has 1 rings (SSSR count). The van der Waals surface area contributed by atoms with Crippen LogP contribution in [0.4, 0.5) is 0 Å². The summed E-state index contributed by atoms with van der Waals surface area (Å²) >= 11 is 6.00. The third-order valence-electron chi connectivity index (χ3n) is 2.29. The molecule has 0 aliphatic carbocycles. The standard InChI is InChI=1S/C10H15ClN2/c1-3-10(13-12)8-5-4-6-9(11)7(8)2/h4-6,10,13H,3,12H2,1-2H3. The van der Waals surface area contributed by atoms with Crippen LogP contribution in [-0.2, 0) is 0 Å². The Labute approximate surface area is 84.1 Å². The van der Waals surface area contributed by atoms with Crippen LogP contribution < -0.4 is 11.3 Å². The lowest BCUT2D eigenvalue weighted by Crippen LogP contribution is -2.27. The molecule has 0 saturated heterocycles. The fourth-order valence-electron chi connectivity index (χ4n) is 1.43. The fourth-order valence-corrected chi connectivity index (χ4v) is 1.61. The van der Waals surface area contributed by atoms with E-state index in [1.54, 1.807) is 0 Å². The Kier molecular flexibility index (Phi) is 3.72. The first-order valence-corrected chi connectivity index (χ1v) is 4.79. The summed E-state index contributed by atoms with van der Waals surface area (Å²) in [6.07, 6.45) is 0.956. The molecule has 1 aromatic rings. The molecule has 0 bridgehead atoms. The van der Waals surface area contributed by atoms with Gasteiger partial charge in [-0.2, -0.15) is 0 Å². The first-order valence-electron chi connectivity index (χ1n) is 4.41. The minimum absolute atomic E-state index is 0.193. The lowest BCUT2D eigenvalue weighted by atomic mass is 10.00. The highest BCUT2D eigenvalue weighted by Crippen LogP contribution is 2.25. The molecule has 1 unspecified atom stereocenters. The van der Waals surface area contributed by atoms with Crippen LogP contribution in [0.3, 0.4) is 0 Å². The molecule has 72 valence electrons. The highest BCUT2D eigenvalue weighted by molar-refractivity contribution is 6.31. The van der Waals surface area contributed by atoms with E-state index in [2.05, 4.69) is 18.4 Å². The largest absolute Gasteiger partial charge is 0.271 e. The maximum absolute atomic E-state index is 6.00. The Morgan fingerprint density at radius 3 is 2.77 bits per heavy atom. The average molecular weight is 199 g/mol. The van der Waals surface area contributed by atoms with Gasteiger partial charge in [-0.3, -0.25) is 11.3 Å². The van der Waals surface area contributed by atoms with E-state index in [9.17, 15) is 0 Å². The molecule has 1 atom stereocenters. The number of hydrogen-bond donors (Lipinski definition) is 2. The molecule has 3 heteroatoms. The summed E-state index contributed by atoms with van der Waals surface area (Å²) in [5, 5.41) is 0.797. The highest BCUT2D eigenvalue weighted by Gasteiger charge is 2.10. The molecule has 2 nitrogen and oxygen atoms in total. The lowest BCUT2D eigenvalue weighted by molar-refractivity contribution is 0.537. The van der Waals surface area contributed by atoms with Crippen molar-refractivity contribution >= 4 is 11.6 Å². The maximum Gasteiger partial charge on any atom is 0.0460 e. The van der Waals surface area contributed by atoms with Crippen LogP contribution >= 0.6 is 11.6 Å². The van der Waals surface area contributed by atoms with Crippen molar-refractivity contribution in [1.82, 2.24) is 5.43 Å². The van der Waals surface area contributed by atoms with E-state index in [1.807, 2.05) is 19.1 Å². The number of rotatable bonds is 3. The Balaban J connectivity index is 3.05. The normalized spacial score (nSPS) is 12.9. The molecule has 0 radical (unpaired) electrons. The van der Waals surface area contributed by atoms with Gasteiger partial charge in [0.2, 0.25) is 0 Å². The van der Waals surface area contributed by atoms with Crippen molar-refractivity contribution < 1.29 is 0 Å². The summed E-state index contributed by atoms with van der Waals surface area (Å²) in [6, 6.07) is 6.09. The first kappa shape index (κ1) is 10.5. The average Bonchev–Trinajstić information content (AvgIpc) is 2.14. The van der Waals surface area contributed by atoms with Crippen LogP contribution in [0.5, 0.6) is 0 Å². The summed E-state index contributed by atoms with van der Waals surface area (Å²) < 4.78 is 0. The third-order valence-corrected chi connectivity index (χ3v) is 2.70. The molecule has 0 heterocycles. The van der Waals surface area contributed by atoms with Gasteiger partial charge in [0.1, 0.15) is 0 Å². The number of halogens is 1. The Hall–Kier alpha value is -0.570. The summed E-state index contributed by atoms with van der Waals surface area (Å²) in [7, 11) is 0. The minimum Gasteiger partial charge on any atom is -0.271 e. The van der Waals surface area contributed by atoms with Gasteiger partial charge in [0.25, 0.3) is 0 Å². The zero-order chi connectivity index (χ0) is 9.84. The predicted molar refractivity (Wildman–Crippen MR) is 56.5 cm³/mol. The predicted octanol–water partition coefficient (Wildman–Crippen LogP) is 2.56. The first-order chi connectivity index (χ1) is 6.20. The Morgan fingerprint density at radius 2 is 2.23 bits per heavy atom. The molecular weight excluding hydrogens is 184 g/mol. The molecule has 0 aromatic heterocycles. The second-order valence-corrected chi connectivity index (χ2v) is 3.49. The van der Waals surface area contributed by atoms with E-state index in [4.69, 9.17) is 17.4 Å². The van der Waals surface area contributed by atoms with Crippen molar-refractivity contribution in [2.45, 2.75) is 26.3 Å². The van der Waals surface area contributed by atoms with E-state index in [1.165, 1.54) is 5.56 Å². The summed E-state index contributed by atoms with van der Waals surface area (Å²) in [4.78, 5) is 0. The van der Waals surface area contributed by atoms with Gasteiger partial charge in [-0.05, 0) is 30.5 Å².